The first kappa shape index (κ1) is 12.8. The Morgan fingerprint density at radius 3 is 2.79 bits per heavy atom. The SMILES string of the molecule is O=C(O)c1ccc(N2CCC3CCCCC32)cc1Cl. The second-order valence-electron chi connectivity index (χ2n) is 5.56. The van der Waals surface area contributed by atoms with Gasteiger partial charge in [-0.1, -0.05) is 24.4 Å². The number of anilines is 1. The number of hydrogen-bond acceptors (Lipinski definition) is 2. The summed E-state index contributed by atoms with van der Waals surface area (Å²) in [5.74, 6) is -0.153. The average Bonchev–Trinajstić information content (AvgIpc) is 2.82. The Kier molecular flexibility index (Phi) is 3.40. The van der Waals surface area contributed by atoms with Gasteiger partial charge < -0.3 is 10.0 Å². The molecule has 0 amide bonds. The first-order valence-electron chi connectivity index (χ1n) is 6.96. The van der Waals surface area contributed by atoms with Crippen molar-refractivity contribution in [1.29, 1.82) is 0 Å². The van der Waals surface area contributed by atoms with Gasteiger partial charge in [-0.2, -0.15) is 0 Å². The molecule has 2 unspecified atom stereocenters. The highest BCUT2D eigenvalue weighted by atomic mass is 35.5. The van der Waals surface area contributed by atoms with Gasteiger partial charge >= 0.3 is 5.97 Å². The maximum Gasteiger partial charge on any atom is 0.337 e. The summed E-state index contributed by atoms with van der Waals surface area (Å²) in [6.45, 7) is 1.07. The van der Waals surface area contributed by atoms with E-state index < -0.39 is 5.97 Å². The van der Waals surface area contributed by atoms with Crippen molar-refractivity contribution in [3.8, 4) is 0 Å². The highest BCUT2D eigenvalue weighted by Crippen LogP contribution is 2.39. The molecule has 1 N–H and O–H groups in total. The van der Waals surface area contributed by atoms with Gasteiger partial charge in [-0.3, -0.25) is 0 Å². The third kappa shape index (κ3) is 2.32. The Balaban J connectivity index is 1.86. The van der Waals surface area contributed by atoms with Crippen molar-refractivity contribution in [3.05, 3.63) is 28.8 Å². The van der Waals surface area contributed by atoms with Crippen LogP contribution in [0.15, 0.2) is 18.2 Å². The molecule has 0 spiro atoms. The van der Waals surface area contributed by atoms with Gasteiger partial charge in [-0.25, -0.2) is 4.79 Å². The zero-order valence-corrected chi connectivity index (χ0v) is 11.6. The number of benzene rings is 1. The number of carboxylic acid groups (broad SMARTS) is 1. The maximum atomic E-state index is 11.0. The maximum absolute atomic E-state index is 11.0. The predicted octanol–water partition coefficient (Wildman–Crippen LogP) is 3.81. The molecule has 1 aromatic rings. The van der Waals surface area contributed by atoms with Crippen LogP contribution in [0.1, 0.15) is 42.5 Å². The molecule has 1 saturated carbocycles. The average molecular weight is 280 g/mol. The lowest BCUT2D eigenvalue weighted by atomic mass is 9.85. The first-order chi connectivity index (χ1) is 9.16. The number of fused-ring (bicyclic) bond motifs is 1. The van der Waals surface area contributed by atoms with Crippen LogP contribution in [0, 0.1) is 5.92 Å². The highest BCUT2D eigenvalue weighted by Gasteiger charge is 2.35. The van der Waals surface area contributed by atoms with Gasteiger partial charge in [0, 0.05) is 18.3 Å². The lowest BCUT2D eigenvalue weighted by Crippen LogP contribution is -2.34. The first-order valence-corrected chi connectivity index (χ1v) is 7.34. The Morgan fingerprint density at radius 2 is 2.05 bits per heavy atom. The van der Waals surface area contributed by atoms with Crippen LogP contribution in [-0.2, 0) is 0 Å². The summed E-state index contributed by atoms with van der Waals surface area (Å²) in [5.41, 5.74) is 1.26. The van der Waals surface area contributed by atoms with E-state index in [4.69, 9.17) is 16.7 Å². The van der Waals surface area contributed by atoms with E-state index in [9.17, 15) is 4.79 Å². The molecule has 1 aliphatic heterocycles. The van der Waals surface area contributed by atoms with E-state index in [2.05, 4.69) is 4.90 Å². The van der Waals surface area contributed by atoms with E-state index in [1.54, 1.807) is 6.07 Å². The monoisotopic (exact) mass is 279 g/mol. The van der Waals surface area contributed by atoms with Crippen LogP contribution in [0.25, 0.3) is 0 Å². The van der Waals surface area contributed by atoms with Crippen LogP contribution in [-0.4, -0.2) is 23.7 Å². The van der Waals surface area contributed by atoms with Gasteiger partial charge in [0.25, 0.3) is 0 Å². The van der Waals surface area contributed by atoms with Crippen LogP contribution in [0.4, 0.5) is 5.69 Å². The number of rotatable bonds is 2. The van der Waals surface area contributed by atoms with Gasteiger partial charge in [0.15, 0.2) is 0 Å². The van der Waals surface area contributed by atoms with Crippen molar-refractivity contribution in [2.75, 3.05) is 11.4 Å². The second-order valence-corrected chi connectivity index (χ2v) is 5.97. The molecule has 0 radical (unpaired) electrons. The molecule has 3 rings (SSSR count). The fourth-order valence-corrected chi connectivity index (χ4v) is 3.84. The molecule has 2 atom stereocenters. The summed E-state index contributed by atoms with van der Waals surface area (Å²) in [4.78, 5) is 13.4. The molecule has 2 aliphatic rings. The lowest BCUT2D eigenvalue weighted by Gasteiger charge is -2.33. The van der Waals surface area contributed by atoms with Crippen LogP contribution >= 0.6 is 11.6 Å². The summed E-state index contributed by atoms with van der Waals surface area (Å²) in [7, 11) is 0. The Hall–Kier alpha value is -1.22. The van der Waals surface area contributed by atoms with Crippen molar-refractivity contribution in [2.24, 2.45) is 5.92 Å². The minimum atomic E-state index is -0.964. The molecule has 1 aliphatic carbocycles. The largest absolute Gasteiger partial charge is 0.478 e. The smallest absolute Gasteiger partial charge is 0.337 e. The molecule has 0 bridgehead atoms. The number of aromatic carboxylic acids is 1. The predicted molar refractivity (Wildman–Crippen MR) is 76.1 cm³/mol. The minimum absolute atomic E-state index is 0.185. The van der Waals surface area contributed by atoms with Gasteiger partial charge in [-0.15, -0.1) is 0 Å². The van der Waals surface area contributed by atoms with E-state index in [1.165, 1.54) is 32.1 Å². The Labute approximate surface area is 118 Å². The number of carbonyl (C=O) groups is 1. The summed E-state index contributed by atoms with van der Waals surface area (Å²) in [6, 6.07) is 5.95. The molecule has 1 aromatic carbocycles. The number of halogens is 1. The third-order valence-corrected chi connectivity index (χ3v) is 4.84. The molecular weight excluding hydrogens is 262 g/mol. The van der Waals surface area contributed by atoms with Gasteiger partial charge in [0.05, 0.1) is 10.6 Å². The lowest BCUT2D eigenvalue weighted by molar-refractivity contribution is 0.0697. The molecule has 2 fully saturated rings. The summed E-state index contributed by atoms with van der Waals surface area (Å²) in [6.07, 6.45) is 6.50. The van der Waals surface area contributed by atoms with Crippen molar-refractivity contribution >= 4 is 23.3 Å². The number of carboxylic acids is 1. The van der Waals surface area contributed by atoms with Crippen LogP contribution in [0.3, 0.4) is 0 Å². The summed E-state index contributed by atoms with van der Waals surface area (Å²) >= 11 is 6.07. The van der Waals surface area contributed by atoms with Crippen LogP contribution < -0.4 is 4.90 Å². The quantitative estimate of drug-likeness (QED) is 0.895. The normalized spacial score (nSPS) is 26.3. The minimum Gasteiger partial charge on any atom is -0.478 e. The molecule has 0 aromatic heterocycles. The molecule has 19 heavy (non-hydrogen) atoms. The fourth-order valence-electron chi connectivity index (χ4n) is 3.58. The van der Waals surface area contributed by atoms with Crippen LogP contribution in [0.2, 0.25) is 5.02 Å². The van der Waals surface area contributed by atoms with Crippen molar-refractivity contribution in [3.63, 3.8) is 0 Å². The van der Waals surface area contributed by atoms with E-state index in [-0.39, 0.29) is 5.56 Å². The summed E-state index contributed by atoms with van der Waals surface area (Å²) in [5, 5.41) is 9.35. The van der Waals surface area contributed by atoms with Gasteiger partial charge in [-0.05, 0) is 43.4 Å². The zero-order valence-electron chi connectivity index (χ0n) is 10.8. The van der Waals surface area contributed by atoms with Crippen LogP contribution in [0.5, 0.6) is 0 Å². The molecule has 4 heteroatoms. The van der Waals surface area contributed by atoms with E-state index in [1.807, 2.05) is 12.1 Å². The molecule has 3 nitrogen and oxygen atoms in total. The number of hydrogen-bond donors (Lipinski definition) is 1. The Morgan fingerprint density at radius 1 is 1.26 bits per heavy atom. The summed E-state index contributed by atoms with van der Waals surface area (Å²) < 4.78 is 0. The molecular formula is C15H18ClNO2. The highest BCUT2D eigenvalue weighted by molar-refractivity contribution is 6.33. The third-order valence-electron chi connectivity index (χ3n) is 4.52. The standard InChI is InChI=1S/C15H18ClNO2/c16-13-9-11(5-6-12(13)15(18)19)17-8-7-10-3-1-2-4-14(10)17/h5-6,9-10,14H,1-4,7-8H2,(H,18,19). The van der Waals surface area contributed by atoms with E-state index in [0.29, 0.717) is 11.1 Å². The van der Waals surface area contributed by atoms with E-state index in [0.717, 1.165) is 18.2 Å². The van der Waals surface area contributed by atoms with Crippen molar-refractivity contribution in [1.82, 2.24) is 0 Å². The zero-order chi connectivity index (χ0) is 13.4. The Bertz CT molecular complexity index is 503. The van der Waals surface area contributed by atoms with Crippen molar-refractivity contribution in [2.45, 2.75) is 38.1 Å². The van der Waals surface area contributed by atoms with Crippen molar-refractivity contribution < 1.29 is 9.90 Å². The van der Waals surface area contributed by atoms with E-state index >= 15 is 0 Å². The van der Waals surface area contributed by atoms with Gasteiger partial charge in [0.1, 0.15) is 0 Å². The van der Waals surface area contributed by atoms with Gasteiger partial charge in [0.2, 0.25) is 0 Å². The molecule has 102 valence electrons. The number of nitrogens with zero attached hydrogens (tertiary/aromatic N) is 1. The molecule has 1 saturated heterocycles. The topological polar surface area (TPSA) is 40.5 Å². The molecule has 1 heterocycles. The fraction of sp³-hybridized carbons (Fsp3) is 0.533. The second kappa shape index (κ2) is 5.04.